The fourth-order valence-electron chi connectivity index (χ4n) is 1.26. The van der Waals surface area contributed by atoms with Crippen LogP contribution in [0.2, 0.25) is 0 Å². The molecule has 68 valence electrons. The Bertz CT molecular complexity index is 273. The second-order valence-corrected chi connectivity index (χ2v) is 3.35. The molecule has 0 aromatic carbocycles. The van der Waals surface area contributed by atoms with Crippen molar-refractivity contribution in [2.24, 2.45) is 0 Å². The van der Waals surface area contributed by atoms with Crippen LogP contribution < -0.4 is 0 Å². The Balaban J connectivity index is 0.00000144. The summed E-state index contributed by atoms with van der Waals surface area (Å²) in [4.78, 5) is 0. The Morgan fingerprint density at radius 1 is 1.38 bits per heavy atom. The molecule has 0 aliphatic heterocycles. The van der Waals surface area contributed by atoms with Gasteiger partial charge in [-0.25, -0.2) is 0 Å². The third-order valence-electron chi connectivity index (χ3n) is 1.63. The van der Waals surface area contributed by atoms with Crippen LogP contribution in [0.25, 0.3) is 0 Å². The molecule has 0 amide bonds. The molecule has 0 heterocycles. The summed E-state index contributed by atoms with van der Waals surface area (Å²) in [6.45, 7) is 6.30. The quantitative estimate of drug-likeness (QED) is 0.368. The number of hydrogen-bond acceptors (Lipinski definition) is 0. The van der Waals surface area contributed by atoms with Crippen molar-refractivity contribution in [3.63, 3.8) is 0 Å². The van der Waals surface area contributed by atoms with Crippen LogP contribution in [0.3, 0.4) is 0 Å². The van der Waals surface area contributed by atoms with Gasteiger partial charge in [0.15, 0.2) is 0 Å². The summed E-state index contributed by atoms with van der Waals surface area (Å²) < 4.78 is 0. The maximum absolute atomic E-state index is 3.35. The van der Waals surface area contributed by atoms with E-state index < -0.39 is 0 Å². The normalized spacial score (nSPS) is 15.0. The van der Waals surface area contributed by atoms with Gasteiger partial charge in [-0.3, -0.25) is 0 Å². The molecule has 0 aromatic heterocycles. The first-order valence-corrected chi connectivity index (χ1v) is 4.29. The van der Waals surface area contributed by atoms with Gasteiger partial charge < -0.3 is 0 Å². The van der Waals surface area contributed by atoms with Crippen LogP contribution >= 0.6 is 0 Å². The van der Waals surface area contributed by atoms with Gasteiger partial charge in [0, 0.05) is 21.7 Å². The van der Waals surface area contributed by atoms with E-state index >= 15 is 0 Å². The maximum atomic E-state index is 3.35. The van der Waals surface area contributed by atoms with Crippen LogP contribution in [0.5, 0.6) is 0 Å². The molecule has 0 N–H and O–H groups in total. The van der Waals surface area contributed by atoms with Gasteiger partial charge in [-0.2, -0.15) is 29.4 Å². The Kier molecular flexibility index (Phi) is 6.02. The molecule has 1 aliphatic rings. The van der Waals surface area contributed by atoms with Crippen LogP contribution in [-0.2, 0) is 21.7 Å². The van der Waals surface area contributed by atoms with E-state index in [1.165, 1.54) is 16.7 Å². The van der Waals surface area contributed by atoms with Crippen LogP contribution in [0.1, 0.15) is 27.2 Å². The van der Waals surface area contributed by atoms with Crippen LogP contribution in [0, 0.1) is 6.08 Å². The average molecular weight is 207 g/mol. The van der Waals surface area contributed by atoms with Crippen molar-refractivity contribution in [2.45, 2.75) is 27.2 Å². The number of allylic oxidation sites excluding steroid dienone is 8. The van der Waals surface area contributed by atoms with Gasteiger partial charge in [0.25, 0.3) is 0 Å². The second-order valence-electron chi connectivity index (χ2n) is 3.35. The Morgan fingerprint density at radius 3 is 2.54 bits per heavy atom. The molecular weight excluding hydrogens is 192 g/mol. The van der Waals surface area contributed by atoms with Crippen molar-refractivity contribution in [3.8, 4) is 0 Å². The molecule has 0 saturated carbocycles. The minimum absolute atomic E-state index is 0. The van der Waals surface area contributed by atoms with Crippen LogP contribution in [0.4, 0.5) is 0 Å². The average Bonchev–Trinajstić information content (AvgIpc) is 2.37. The Hall–Kier alpha value is -0.326. The van der Waals surface area contributed by atoms with Crippen molar-refractivity contribution in [3.05, 3.63) is 47.1 Å². The minimum Gasteiger partial charge on any atom is -0.177 e. The zero-order chi connectivity index (χ0) is 8.97. The first-order chi connectivity index (χ1) is 5.68. The van der Waals surface area contributed by atoms with Gasteiger partial charge in [0.2, 0.25) is 0 Å². The van der Waals surface area contributed by atoms with Gasteiger partial charge in [0.1, 0.15) is 0 Å². The van der Waals surface area contributed by atoms with Gasteiger partial charge >= 0.3 is 0 Å². The summed E-state index contributed by atoms with van der Waals surface area (Å²) >= 11 is 0. The SMILES string of the molecule is CC(=[C-]C1=CC=CC1)C=C(C)C.[Ti]. The molecule has 1 rings (SSSR count). The molecular formula is C12H15Ti-. The summed E-state index contributed by atoms with van der Waals surface area (Å²) in [5, 5.41) is 0. The molecule has 0 spiro atoms. The third kappa shape index (κ3) is 5.07. The summed E-state index contributed by atoms with van der Waals surface area (Å²) in [5.74, 6) is 0. The van der Waals surface area contributed by atoms with Crippen molar-refractivity contribution in [1.29, 1.82) is 0 Å². The van der Waals surface area contributed by atoms with Gasteiger partial charge in [-0.1, -0.05) is 26.8 Å². The van der Waals surface area contributed by atoms with Crippen molar-refractivity contribution < 1.29 is 21.7 Å². The topological polar surface area (TPSA) is 0 Å². The molecule has 0 atom stereocenters. The van der Waals surface area contributed by atoms with E-state index in [-0.39, 0.29) is 21.7 Å². The molecule has 0 unspecified atom stereocenters. The fraction of sp³-hybridized carbons (Fsp3) is 0.333. The fourth-order valence-corrected chi connectivity index (χ4v) is 1.26. The number of rotatable bonds is 2. The van der Waals surface area contributed by atoms with Crippen molar-refractivity contribution >= 4 is 0 Å². The van der Waals surface area contributed by atoms with Gasteiger partial charge in [0.05, 0.1) is 0 Å². The summed E-state index contributed by atoms with van der Waals surface area (Å²) in [7, 11) is 0. The largest absolute Gasteiger partial charge is 0.177 e. The van der Waals surface area contributed by atoms with Crippen LogP contribution in [0.15, 0.2) is 41.0 Å². The van der Waals surface area contributed by atoms with E-state index in [1.807, 2.05) is 0 Å². The Morgan fingerprint density at radius 2 is 2.08 bits per heavy atom. The molecule has 0 fully saturated rings. The zero-order valence-corrected chi connectivity index (χ0v) is 10.1. The minimum atomic E-state index is 0. The molecule has 0 radical (unpaired) electrons. The first-order valence-electron chi connectivity index (χ1n) is 4.29. The zero-order valence-electron chi connectivity index (χ0n) is 8.52. The van der Waals surface area contributed by atoms with Crippen molar-refractivity contribution in [2.75, 3.05) is 0 Å². The van der Waals surface area contributed by atoms with Crippen LogP contribution in [-0.4, -0.2) is 0 Å². The Labute approximate surface area is 96.0 Å². The molecule has 0 nitrogen and oxygen atoms in total. The third-order valence-corrected chi connectivity index (χ3v) is 1.63. The standard InChI is InChI=1S/C12H15.Ti/c1-10(2)8-11(3)9-12-6-4-5-7-12;/h4-6,8H,7H2,1-3H3;/q-1;. The van der Waals surface area contributed by atoms with E-state index in [9.17, 15) is 0 Å². The second kappa shape index (κ2) is 6.18. The van der Waals surface area contributed by atoms with Crippen molar-refractivity contribution in [1.82, 2.24) is 0 Å². The molecule has 1 aliphatic carbocycles. The van der Waals surface area contributed by atoms with E-state index in [4.69, 9.17) is 0 Å². The predicted molar refractivity (Wildman–Crippen MR) is 53.7 cm³/mol. The molecule has 0 aromatic rings. The predicted octanol–water partition coefficient (Wildman–Crippen LogP) is 3.59. The summed E-state index contributed by atoms with van der Waals surface area (Å²) in [6, 6.07) is 0. The molecule has 13 heavy (non-hydrogen) atoms. The van der Waals surface area contributed by atoms with E-state index in [1.54, 1.807) is 0 Å². The monoisotopic (exact) mass is 207 g/mol. The summed E-state index contributed by atoms with van der Waals surface area (Å²) in [6.07, 6.45) is 12.9. The van der Waals surface area contributed by atoms with Gasteiger partial charge in [-0.05, 0) is 6.42 Å². The molecule has 1 heteroatoms. The van der Waals surface area contributed by atoms with E-state index in [2.05, 4.69) is 51.2 Å². The summed E-state index contributed by atoms with van der Waals surface area (Å²) in [5.41, 5.74) is 3.82. The smallest absolute Gasteiger partial charge is 0 e. The van der Waals surface area contributed by atoms with Gasteiger partial charge in [-0.15, -0.1) is 11.6 Å². The first kappa shape index (κ1) is 12.7. The molecule has 0 saturated heterocycles. The van der Waals surface area contributed by atoms with E-state index in [0.717, 1.165) is 6.42 Å². The molecule has 0 bridgehead atoms. The number of hydrogen-bond donors (Lipinski definition) is 0. The maximum Gasteiger partial charge on any atom is 0 e. The van der Waals surface area contributed by atoms with E-state index in [0.29, 0.717) is 0 Å².